The van der Waals surface area contributed by atoms with Crippen LogP contribution in [0.5, 0.6) is 0 Å². The number of guanidine groups is 1. The Hall–Kier alpha value is -1.35. The van der Waals surface area contributed by atoms with E-state index in [9.17, 15) is 9.90 Å². The molecule has 0 aliphatic carbocycles. The summed E-state index contributed by atoms with van der Waals surface area (Å²) in [5.41, 5.74) is 1.91. The summed E-state index contributed by atoms with van der Waals surface area (Å²) in [6.07, 6.45) is 1.81. The molecular weight excluding hydrogens is 445 g/mol. The lowest BCUT2D eigenvalue weighted by molar-refractivity contribution is -0.149. The molecule has 1 aromatic rings. The minimum absolute atomic E-state index is 0. The minimum atomic E-state index is -0.117. The van der Waals surface area contributed by atoms with E-state index in [-0.39, 0.29) is 42.5 Å². The van der Waals surface area contributed by atoms with Crippen LogP contribution in [0.2, 0.25) is 0 Å². The predicted molar refractivity (Wildman–Crippen MR) is 114 cm³/mol. The molecule has 1 heterocycles. The van der Waals surface area contributed by atoms with Crippen LogP contribution in [0.4, 0.5) is 0 Å². The van der Waals surface area contributed by atoms with Gasteiger partial charge in [-0.25, -0.2) is 4.99 Å². The summed E-state index contributed by atoms with van der Waals surface area (Å²) in [5, 5.41) is 12.8. The standard InChI is InChI=1S/C19H29N3O3.HI/c1-3-20-19(21-12-15-8-5-6-9-17(15)14-23)22-11-7-10-16(13-22)18(24)25-4-2;/h5-6,8-9,16,23H,3-4,7,10-14H2,1-2H3,(H,20,21);1H. The number of esters is 1. The molecule has 0 spiro atoms. The predicted octanol–water partition coefficient (Wildman–Crippen LogP) is 2.54. The number of rotatable bonds is 6. The highest BCUT2D eigenvalue weighted by Crippen LogP contribution is 2.18. The summed E-state index contributed by atoms with van der Waals surface area (Å²) in [7, 11) is 0. The first kappa shape index (κ1) is 22.7. The van der Waals surface area contributed by atoms with Crippen molar-refractivity contribution in [1.29, 1.82) is 0 Å². The zero-order valence-corrected chi connectivity index (χ0v) is 17.9. The molecule has 2 rings (SSSR count). The summed E-state index contributed by atoms with van der Waals surface area (Å²) >= 11 is 0. The maximum absolute atomic E-state index is 12.1. The monoisotopic (exact) mass is 475 g/mol. The maximum atomic E-state index is 12.1. The number of aliphatic imine (C=N–C) groups is 1. The summed E-state index contributed by atoms with van der Waals surface area (Å²) < 4.78 is 5.18. The van der Waals surface area contributed by atoms with Crippen LogP contribution >= 0.6 is 24.0 Å². The van der Waals surface area contributed by atoms with Gasteiger partial charge in [0.2, 0.25) is 0 Å². The second-order valence-corrected chi connectivity index (χ2v) is 6.13. The topological polar surface area (TPSA) is 74.2 Å². The smallest absolute Gasteiger partial charge is 0.310 e. The second kappa shape index (κ2) is 12.1. The van der Waals surface area contributed by atoms with Gasteiger partial charge < -0.3 is 20.1 Å². The molecule has 0 radical (unpaired) electrons. The Morgan fingerprint density at radius 1 is 1.35 bits per heavy atom. The fourth-order valence-corrected chi connectivity index (χ4v) is 3.07. The van der Waals surface area contributed by atoms with Gasteiger partial charge in [-0.3, -0.25) is 4.79 Å². The third kappa shape index (κ3) is 6.42. The van der Waals surface area contributed by atoms with E-state index in [0.717, 1.165) is 43.0 Å². The highest BCUT2D eigenvalue weighted by Gasteiger charge is 2.28. The summed E-state index contributed by atoms with van der Waals surface area (Å²) in [6, 6.07) is 7.76. The number of benzene rings is 1. The molecule has 1 unspecified atom stereocenters. The van der Waals surface area contributed by atoms with E-state index >= 15 is 0 Å². The third-order valence-electron chi connectivity index (χ3n) is 4.36. The van der Waals surface area contributed by atoms with E-state index in [1.54, 1.807) is 0 Å². The maximum Gasteiger partial charge on any atom is 0.310 e. The number of halogens is 1. The molecule has 0 aromatic heterocycles. The van der Waals surface area contributed by atoms with Crippen LogP contribution < -0.4 is 5.32 Å². The Balaban J connectivity index is 0.00000338. The van der Waals surface area contributed by atoms with Crippen LogP contribution in [0.25, 0.3) is 0 Å². The van der Waals surface area contributed by atoms with Crippen molar-refractivity contribution in [1.82, 2.24) is 10.2 Å². The van der Waals surface area contributed by atoms with Crippen molar-refractivity contribution in [3.63, 3.8) is 0 Å². The second-order valence-electron chi connectivity index (χ2n) is 6.13. The van der Waals surface area contributed by atoms with Gasteiger partial charge in [0, 0.05) is 19.6 Å². The number of hydrogen-bond donors (Lipinski definition) is 2. The van der Waals surface area contributed by atoms with Crippen molar-refractivity contribution >= 4 is 35.9 Å². The van der Waals surface area contributed by atoms with Crippen molar-refractivity contribution in [2.24, 2.45) is 10.9 Å². The zero-order valence-electron chi connectivity index (χ0n) is 15.6. The average molecular weight is 475 g/mol. The molecule has 1 saturated heterocycles. The Morgan fingerprint density at radius 3 is 2.73 bits per heavy atom. The van der Waals surface area contributed by atoms with Gasteiger partial charge in [0.25, 0.3) is 0 Å². The van der Waals surface area contributed by atoms with E-state index < -0.39 is 0 Å². The van der Waals surface area contributed by atoms with Gasteiger partial charge in [-0.15, -0.1) is 24.0 Å². The van der Waals surface area contributed by atoms with Gasteiger partial charge in [0.15, 0.2) is 5.96 Å². The molecule has 1 aliphatic heterocycles. The first-order valence-corrected chi connectivity index (χ1v) is 9.07. The summed E-state index contributed by atoms with van der Waals surface area (Å²) in [5.74, 6) is 0.597. The highest BCUT2D eigenvalue weighted by atomic mass is 127. The molecule has 0 bridgehead atoms. The zero-order chi connectivity index (χ0) is 18.1. The van der Waals surface area contributed by atoms with Gasteiger partial charge >= 0.3 is 5.97 Å². The first-order chi connectivity index (χ1) is 12.2. The van der Waals surface area contributed by atoms with Crippen molar-refractivity contribution in [2.75, 3.05) is 26.2 Å². The third-order valence-corrected chi connectivity index (χ3v) is 4.36. The fourth-order valence-electron chi connectivity index (χ4n) is 3.07. The van der Waals surface area contributed by atoms with Gasteiger partial charge in [0.1, 0.15) is 0 Å². The number of hydrogen-bond acceptors (Lipinski definition) is 4. The number of piperidine rings is 1. The number of nitrogens with zero attached hydrogens (tertiary/aromatic N) is 2. The summed E-state index contributed by atoms with van der Waals surface area (Å²) in [6.45, 7) is 7.07. The summed E-state index contributed by atoms with van der Waals surface area (Å²) in [4.78, 5) is 18.9. The highest BCUT2D eigenvalue weighted by molar-refractivity contribution is 14.0. The molecular formula is C19H30IN3O3. The Bertz CT molecular complexity index is 595. The van der Waals surface area contributed by atoms with Gasteiger partial charge in [-0.2, -0.15) is 0 Å². The number of carbonyl (C=O) groups excluding carboxylic acids is 1. The van der Waals surface area contributed by atoms with Crippen molar-refractivity contribution in [2.45, 2.75) is 39.8 Å². The van der Waals surface area contributed by atoms with E-state index in [1.807, 2.05) is 38.1 Å². The number of nitrogens with one attached hydrogen (secondary N) is 1. The molecule has 1 aliphatic rings. The van der Waals surface area contributed by atoms with Gasteiger partial charge in [-0.1, -0.05) is 24.3 Å². The van der Waals surface area contributed by atoms with Crippen LogP contribution in [0.1, 0.15) is 37.8 Å². The number of ether oxygens (including phenoxy) is 1. The van der Waals surface area contributed by atoms with Crippen LogP contribution in [-0.4, -0.2) is 48.2 Å². The Morgan fingerprint density at radius 2 is 2.08 bits per heavy atom. The lowest BCUT2D eigenvalue weighted by Crippen LogP contribution is -2.48. The minimum Gasteiger partial charge on any atom is -0.466 e. The van der Waals surface area contributed by atoms with Crippen LogP contribution in [0.15, 0.2) is 29.3 Å². The van der Waals surface area contributed by atoms with Crippen LogP contribution in [0.3, 0.4) is 0 Å². The lowest BCUT2D eigenvalue weighted by atomic mass is 9.98. The Kier molecular flexibility index (Phi) is 10.6. The Labute approximate surface area is 173 Å². The van der Waals surface area contributed by atoms with Crippen LogP contribution in [-0.2, 0) is 22.7 Å². The molecule has 0 saturated carbocycles. The number of aliphatic hydroxyl groups is 1. The number of aliphatic hydroxyl groups excluding tert-OH is 1. The normalized spacial score (nSPS) is 17.4. The van der Waals surface area contributed by atoms with Crippen LogP contribution in [0, 0.1) is 5.92 Å². The first-order valence-electron chi connectivity index (χ1n) is 9.07. The molecule has 146 valence electrons. The van der Waals surface area contributed by atoms with Crippen molar-refractivity contribution < 1.29 is 14.6 Å². The van der Waals surface area contributed by atoms with E-state index in [0.29, 0.717) is 19.7 Å². The molecule has 6 nitrogen and oxygen atoms in total. The molecule has 2 N–H and O–H groups in total. The molecule has 7 heteroatoms. The molecule has 1 atom stereocenters. The number of likely N-dealkylation sites (tertiary alicyclic amines) is 1. The lowest BCUT2D eigenvalue weighted by Gasteiger charge is -2.34. The molecule has 1 aromatic carbocycles. The van der Waals surface area contributed by atoms with Crippen molar-refractivity contribution in [3.05, 3.63) is 35.4 Å². The SMILES string of the molecule is CCNC(=NCc1ccccc1CO)N1CCCC(C(=O)OCC)C1.I. The van der Waals surface area contributed by atoms with E-state index in [1.165, 1.54) is 0 Å². The van der Waals surface area contributed by atoms with Gasteiger partial charge in [0.05, 0.1) is 25.7 Å². The quantitative estimate of drug-likeness (QED) is 0.286. The van der Waals surface area contributed by atoms with Gasteiger partial charge in [-0.05, 0) is 37.8 Å². The largest absolute Gasteiger partial charge is 0.466 e. The molecule has 1 fully saturated rings. The fraction of sp³-hybridized carbons (Fsp3) is 0.579. The van der Waals surface area contributed by atoms with E-state index in [2.05, 4.69) is 10.2 Å². The average Bonchev–Trinajstić information content (AvgIpc) is 2.65. The number of carbonyl (C=O) groups is 1. The molecule has 0 amide bonds. The molecule has 26 heavy (non-hydrogen) atoms. The van der Waals surface area contributed by atoms with E-state index in [4.69, 9.17) is 9.73 Å². The van der Waals surface area contributed by atoms with Crippen molar-refractivity contribution in [3.8, 4) is 0 Å².